The van der Waals surface area contributed by atoms with Gasteiger partial charge in [-0.05, 0) is 24.8 Å². The molecule has 1 aromatic rings. The molecule has 1 saturated heterocycles. The smallest absolute Gasteiger partial charge is 0.311 e. The number of nitro benzene ring substituents is 1. The van der Waals surface area contributed by atoms with Gasteiger partial charge in [0.05, 0.1) is 12.0 Å². The Bertz CT molecular complexity index is 464. The molecule has 1 heterocycles. The molecule has 2 rings (SSSR count). The summed E-state index contributed by atoms with van der Waals surface area (Å²) in [6, 6.07) is 4.94. The van der Waals surface area contributed by atoms with E-state index in [9.17, 15) is 10.1 Å². The van der Waals surface area contributed by atoms with E-state index in [4.69, 9.17) is 9.84 Å². The lowest BCUT2D eigenvalue weighted by molar-refractivity contribution is -0.385. The van der Waals surface area contributed by atoms with Crippen LogP contribution in [-0.2, 0) is 0 Å². The van der Waals surface area contributed by atoms with Crippen molar-refractivity contribution in [2.24, 2.45) is 5.92 Å². The number of ether oxygens (including phenoxy) is 1. The molecule has 19 heavy (non-hydrogen) atoms. The molecule has 1 aliphatic rings. The Hall–Kier alpha value is -1.82. The highest BCUT2D eigenvalue weighted by atomic mass is 16.6. The van der Waals surface area contributed by atoms with E-state index in [1.807, 2.05) is 0 Å². The third kappa shape index (κ3) is 2.96. The SMILES string of the molecule is COc1cc(N2CC[C@H](CCO)C2)ccc1[N+](=O)[O-]. The van der Waals surface area contributed by atoms with Crippen molar-refractivity contribution in [3.8, 4) is 5.75 Å². The second-order valence-electron chi connectivity index (χ2n) is 4.73. The van der Waals surface area contributed by atoms with E-state index in [0.717, 1.165) is 31.6 Å². The van der Waals surface area contributed by atoms with Gasteiger partial charge in [0.1, 0.15) is 0 Å². The monoisotopic (exact) mass is 266 g/mol. The number of benzene rings is 1. The second kappa shape index (κ2) is 5.88. The fraction of sp³-hybridized carbons (Fsp3) is 0.538. The van der Waals surface area contributed by atoms with Crippen LogP contribution in [0.2, 0.25) is 0 Å². The Morgan fingerprint density at radius 1 is 1.58 bits per heavy atom. The lowest BCUT2D eigenvalue weighted by Gasteiger charge is -2.19. The molecule has 0 aliphatic carbocycles. The second-order valence-corrected chi connectivity index (χ2v) is 4.73. The molecule has 6 heteroatoms. The molecule has 1 aromatic carbocycles. The third-order valence-electron chi connectivity index (χ3n) is 3.55. The summed E-state index contributed by atoms with van der Waals surface area (Å²) < 4.78 is 5.07. The molecular formula is C13H18N2O4. The molecule has 0 spiro atoms. The predicted molar refractivity (Wildman–Crippen MR) is 71.7 cm³/mol. The molecule has 0 radical (unpaired) electrons. The minimum Gasteiger partial charge on any atom is -0.490 e. The molecule has 1 fully saturated rings. The van der Waals surface area contributed by atoms with E-state index in [2.05, 4.69) is 4.90 Å². The van der Waals surface area contributed by atoms with Crippen molar-refractivity contribution in [1.29, 1.82) is 0 Å². The maximum Gasteiger partial charge on any atom is 0.311 e. The summed E-state index contributed by atoms with van der Waals surface area (Å²) in [6.07, 6.45) is 1.85. The molecular weight excluding hydrogens is 248 g/mol. The Morgan fingerprint density at radius 2 is 2.37 bits per heavy atom. The van der Waals surface area contributed by atoms with Crippen LogP contribution in [0, 0.1) is 16.0 Å². The van der Waals surface area contributed by atoms with Gasteiger partial charge < -0.3 is 14.7 Å². The highest BCUT2D eigenvalue weighted by Crippen LogP contribution is 2.33. The topological polar surface area (TPSA) is 75.8 Å². The summed E-state index contributed by atoms with van der Waals surface area (Å²) in [5.41, 5.74) is 0.917. The van der Waals surface area contributed by atoms with Crippen LogP contribution in [0.3, 0.4) is 0 Å². The van der Waals surface area contributed by atoms with Gasteiger partial charge in [-0.15, -0.1) is 0 Å². The van der Waals surface area contributed by atoms with E-state index >= 15 is 0 Å². The van der Waals surface area contributed by atoms with Crippen LogP contribution in [0.15, 0.2) is 18.2 Å². The zero-order chi connectivity index (χ0) is 13.8. The summed E-state index contributed by atoms with van der Waals surface area (Å²) in [5.74, 6) is 0.777. The number of hydrogen-bond acceptors (Lipinski definition) is 5. The average molecular weight is 266 g/mol. The number of hydrogen-bond donors (Lipinski definition) is 1. The number of aliphatic hydroxyl groups excluding tert-OH is 1. The van der Waals surface area contributed by atoms with Crippen molar-refractivity contribution in [3.63, 3.8) is 0 Å². The Labute approximate surface area is 111 Å². The van der Waals surface area contributed by atoms with Gasteiger partial charge in [0.25, 0.3) is 0 Å². The van der Waals surface area contributed by atoms with Crippen molar-refractivity contribution < 1.29 is 14.8 Å². The first kappa shape index (κ1) is 13.6. The quantitative estimate of drug-likeness (QED) is 0.649. The fourth-order valence-electron chi connectivity index (χ4n) is 2.50. The number of nitrogens with zero attached hydrogens (tertiary/aromatic N) is 2. The van der Waals surface area contributed by atoms with Crippen LogP contribution >= 0.6 is 0 Å². The third-order valence-corrected chi connectivity index (χ3v) is 3.55. The maximum atomic E-state index is 10.8. The van der Waals surface area contributed by atoms with E-state index in [1.54, 1.807) is 12.1 Å². The molecule has 104 valence electrons. The normalized spacial score (nSPS) is 18.6. The maximum absolute atomic E-state index is 10.8. The summed E-state index contributed by atoms with van der Waals surface area (Å²) in [5, 5.41) is 19.8. The minimum absolute atomic E-state index is 0.0163. The first-order valence-electron chi connectivity index (χ1n) is 6.34. The molecule has 1 atom stereocenters. The highest BCUT2D eigenvalue weighted by Gasteiger charge is 2.24. The molecule has 1 aliphatic heterocycles. The van der Waals surface area contributed by atoms with Gasteiger partial charge >= 0.3 is 5.69 Å². The van der Waals surface area contributed by atoms with Gasteiger partial charge in [0.2, 0.25) is 0 Å². The van der Waals surface area contributed by atoms with E-state index in [0.29, 0.717) is 5.92 Å². The lowest BCUT2D eigenvalue weighted by atomic mass is 10.1. The van der Waals surface area contributed by atoms with Gasteiger partial charge in [-0.1, -0.05) is 0 Å². The van der Waals surface area contributed by atoms with Crippen LogP contribution in [0.4, 0.5) is 11.4 Å². The Kier molecular flexibility index (Phi) is 4.21. The highest BCUT2D eigenvalue weighted by molar-refractivity contribution is 5.59. The molecule has 1 N–H and O–H groups in total. The number of aliphatic hydroxyl groups is 1. The summed E-state index contributed by atoms with van der Waals surface area (Å²) in [6.45, 7) is 2.00. The molecule has 6 nitrogen and oxygen atoms in total. The molecule has 0 saturated carbocycles. The first-order chi connectivity index (χ1) is 9.15. The summed E-state index contributed by atoms with van der Waals surface area (Å²) in [4.78, 5) is 12.6. The van der Waals surface area contributed by atoms with Gasteiger partial charge in [0, 0.05) is 37.5 Å². The number of anilines is 1. The summed E-state index contributed by atoms with van der Waals surface area (Å²) >= 11 is 0. The van der Waals surface area contributed by atoms with Crippen LogP contribution < -0.4 is 9.64 Å². The van der Waals surface area contributed by atoms with E-state index < -0.39 is 4.92 Å². The molecule has 0 unspecified atom stereocenters. The van der Waals surface area contributed by atoms with Crippen LogP contribution in [-0.4, -0.2) is 36.8 Å². The van der Waals surface area contributed by atoms with Gasteiger partial charge in [-0.2, -0.15) is 0 Å². The molecule has 0 amide bonds. The van der Waals surface area contributed by atoms with Gasteiger partial charge in [-0.3, -0.25) is 10.1 Å². The van der Waals surface area contributed by atoms with Crippen molar-refractivity contribution in [2.75, 3.05) is 31.7 Å². The number of nitro groups is 1. The summed E-state index contributed by atoms with van der Waals surface area (Å²) in [7, 11) is 1.44. The molecule has 0 bridgehead atoms. The van der Waals surface area contributed by atoms with Crippen LogP contribution in [0.1, 0.15) is 12.8 Å². The van der Waals surface area contributed by atoms with Gasteiger partial charge in [0.15, 0.2) is 5.75 Å². The zero-order valence-electron chi connectivity index (χ0n) is 10.9. The first-order valence-corrected chi connectivity index (χ1v) is 6.34. The van der Waals surface area contributed by atoms with Crippen LogP contribution in [0.25, 0.3) is 0 Å². The largest absolute Gasteiger partial charge is 0.490 e. The Balaban J connectivity index is 2.16. The number of methoxy groups -OCH3 is 1. The predicted octanol–water partition coefficient (Wildman–Crippen LogP) is 1.81. The van der Waals surface area contributed by atoms with Crippen molar-refractivity contribution >= 4 is 11.4 Å². The average Bonchev–Trinajstić information content (AvgIpc) is 2.87. The number of rotatable bonds is 5. The Morgan fingerprint density at radius 3 is 3.00 bits per heavy atom. The zero-order valence-corrected chi connectivity index (χ0v) is 10.9. The molecule has 0 aromatic heterocycles. The minimum atomic E-state index is -0.443. The van der Waals surface area contributed by atoms with Crippen molar-refractivity contribution in [1.82, 2.24) is 0 Å². The van der Waals surface area contributed by atoms with E-state index in [-0.39, 0.29) is 18.0 Å². The standard InChI is InChI=1S/C13H18N2O4/c1-19-13-8-11(2-3-12(13)15(17)18)14-6-4-10(9-14)5-7-16/h2-3,8,10,16H,4-7,9H2,1H3/t10-/m1/s1. The van der Waals surface area contributed by atoms with Gasteiger partial charge in [-0.25, -0.2) is 0 Å². The van der Waals surface area contributed by atoms with Crippen LogP contribution in [0.5, 0.6) is 5.75 Å². The van der Waals surface area contributed by atoms with Crippen molar-refractivity contribution in [3.05, 3.63) is 28.3 Å². The van der Waals surface area contributed by atoms with Crippen molar-refractivity contribution in [2.45, 2.75) is 12.8 Å². The lowest BCUT2D eigenvalue weighted by Crippen LogP contribution is -2.19. The fourth-order valence-corrected chi connectivity index (χ4v) is 2.50. The van der Waals surface area contributed by atoms with E-state index in [1.165, 1.54) is 13.2 Å².